The third-order valence-corrected chi connectivity index (χ3v) is 2.82. The van der Waals surface area contributed by atoms with E-state index < -0.39 is 10.0 Å². The molecule has 0 aromatic rings. The van der Waals surface area contributed by atoms with Crippen LogP contribution < -0.4 is 5.14 Å². The van der Waals surface area contributed by atoms with E-state index in [1.807, 2.05) is 6.92 Å². The van der Waals surface area contributed by atoms with Gasteiger partial charge in [-0.1, -0.05) is 6.92 Å². The van der Waals surface area contributed by atoms with E-state index in [1.165, 1.54) is 0 Å². The van der Waals surface area contributed by atoms with E-state index in [1.54, 1.807) is 7.11 Å². The van der Waals surface area contributed by atoms with Crippen molar-refractivity contribution in [3.63, 3.8) is 0 Å². The van der Waals surface area contributed by atoms with Crippen LogP contribution in [0.15, 0.2) is 0 Å². The lowest BCUT2D eigenvalue weighted by Crippen LogP contribution is -2.30. The van der Waals surface area contributed by atoms with Crippen LogP contribution in [0.25, 0.3) is 0 Å². The van der Waals surface area contributed by atoms with Crippen LogP contribution in [0.3, 0.4) is 0 Å². The van der Waals surface area contributed by atoms with Crippen molar-refractivity contribution in [1.29, 1.82) is 0 Å². The maximum Gasteiger partial charge on any atom is 0.209 e. The summed E-state index contributed by atoms with van der Waals surface area (Å²) in [6.45, 7) is 5.18. The van der Waals surface area contributed by atoms with Gasteiger partial charge in [-0.2, -0.15) is 0 Å². The number of methoxy groups -OCH3 is 1. The summed E-state index contributed by atoms with van der Waals surface area (Å²) < 4.78 is 26.2. The highest BCUT2D eigenvalue weighted by Gasteiger charge is 2.05. The van der Waals surface area contributed by atoms with Crippen molar-refractivity contribution < 1.29 is 13.2 Å². The Morgan fingerprint density at radius 3 is 2.43 bits per heavy atom. The summed E-state index contributed by atoms with van der Waals surface area (Å²) in [5, 5.41) is 4.89. The zero-order valence-electron chi connectivity index (χ0n) is 8.90. The first-order valence-corrected chi connectivity index (χ1v) is 6.43. The summed E-state index contributed by atoms with van der Waals surface area (Å²) >= 11 is 0. The van der Waals surface area contributed by atoms with Gasteiger partial charge in [0.1, 0.15) is 0 Å². The molecule has 0 aliphatic heterocycles. The number of nitrogens with zero attached hydrogens (tertiary/aromatic N) is 1. The Morgan fingerprint density at radius 2 is 2.00 bits per heavy atom. The van der Waals surface area contributed by atoms with Crippen molar-refractivity contribution in [3.8, 4) is 0 Å². The predicted octanol–water partition coefficient (Wildman–Crippen LogP) is -0.367. The van der Waals surface area contributed by atoms with Gasteiger partial charge in [-0.05, 0) is 19.5 Å². The average molecular weight is 224 g/mol. The van der Waals surface area contributed by atoms with E-state index in [0.717, 1.165) is 19.6 Å². The molecular weight excluding hydrogens is 204 g/mol. The van der Waals surface area contributed by atoms with Gasteiger partial charge in [-0.3, -0.25) is 0 Å². The summed E-state index contributed by atoms with van der Waals surface area (Å²) in [5.41, 5.74) is 0. The minimum absolute atomic E-state index is 0.0521. The molecule has 0 fully saturated rings. The Kier molecular flexibility index (Phi) is 7.08. The molecule has 0 bridgehead atoms. The Morgan fingerprint density at radius 1 is 1.36 bits per heavy atom. The molecule has 0 atom stereocenters. The fraction of sp³-hybridized carbons (Fsp3) is 1.00. The lowest BCUT2D eigenvalue weighted by atomic mass is 10.4. The number of likely N-dealkylation sites (N-methyl/N-ethyl adjacent to an activating group) is 1. The quantitative estimate of drug-likeness (QED) is 0.611. The van der Waals surface area contributed by atoms with Crippen molar-refractivity contribution in [2.75, 3.05) is 39.1 Å². The highest BCUT2D eigenvalue weighted by atomic mass is 32.2. The van der Waals surface area contributed by atoms with E-state index in [4.69, 9.17) is 9.88 Å². The van der Waals surface area contributed by atoms with E-state index in [9.17, 15) is 8.42 Å². The van der Waals surface area contributed by atoms with E-state index in [-0.39, 0.29) is 5.75 Å². The number of hydrogen-bond donors (Lipinski definition) is 1. The number of nitrogens with two attached hydrogens (primary N) is 1. The molecule has 0 radical (unpaired) electrons. The van der Waals surface area contributed by atoms with Gasteiger partial charge in [0.05, 0.1) is 12.4 Å². The lowest BCUT2D eigenvalue weighted by Gasteiger charge is -2.19. The van der Waals surface area contributed by atoms with Crippen LogP contribution in [0.2, 0.25) is 0 Å². The van der Waals surface area contributed by atoms with E-state index in [2.05, 4.69) is 4.90 Å². The molecule has 0 heterocycles. The number of rotatable bonds is 8. The van der Waals surface area contributed by atoms with Gasteiger partial charge < -0.3 is 9.64 Å². The maximum atomic E-state index is 10.6. The number of ether oxygens (including phenoxy) is 1. The molecule has 86 valence electrons. The molecular formula is C8H20N2O3S. The zero-order chi connectivity index (χ0) is 11.0. The Bertz CT molecular complexity index is 229. The monoisotopic (exact) mass is 224 g/mol. The topological polar surface area (TPSA) is 72.6 Å². The van der Waals surface area contributed by atoms with Gasteiger partial charge in [-0.25, -0.2) is 13.6 Å². The molecule has 2 N–H and O–H groups in total. The molecule has 0 rings (SSSR count). The highest BCUT2D eigenvalue weighted by Crippen LogP contribution is 1.93. The summed E-state index contributed by atoms with van der Waals surface area (Å²) in [6, 6.07) is 0. The van der Waals surface area contributed by atoms with Crippen molar-refractivity contribution >= 4 is 10.0 Å². The minimum Gasteiger partial charge on any atom is -0.383 e. The Labute approximate surface area is 86.3 Å². The van der Waals surface area contributed by atoms with Gasteiger partial charge in [0, 0.05) is 13.7 Å². The molecule has 0 saturated carbocycles. The van der Waals surface area contributed by atoms with Gasteiger partial charge in [0.25, 0.3) is 0 Å². The number of hydrogen-bond acceptors (Lipinski definition) is 4. The summed E-state index contributed by atoms with van der Waals surface area (Å²) in [5.74, 6) is 0.0521. The second-order valence-corrected chi connectivity index (χ2v) is 4.88. The number of sulfonamides is 1. The molecule has 0 aliphatic carbocycles. The number of primary sulfonamides is 1. The fourth-order valence-electron chi connectivity index (χ4n) is 1.14. The molecule has 14 heavy (non-hydrogen) atoms. The average Bonchev–Trinajstić information content (AvgIpc) is 2.09. The molecule has 0 aliphatic rings. The molecule has 0 unspecified atom stereocenters. The van der Waals surface area contributed by atoms with E-state index in [0.29, 0.717) is 13.0 Å². The second kappa shape index (κ2) is 7.17. The smallest absolute Gasteiger partial charge is 0.209 e. The van der Waals surface area contributed by atoms with Gasteiger partial charge in [0.2, 0.25) is 10.0 Å². The first-order valence-electron chi connectivity index (χ1n) is 4.71. The van der Waals surface area contributed by atoms with Crippen LogP contribution in [-0.2, 0) is 14.8 Å². The predicted molar refractivity (Wildman–Crippen MR) is 56.6 cm³/mol. The van der Waals surface area contributed by atoms with Crippen LogP contribution >= 0.6 is 0 Å². The largest absolute Gasteiger partial charge is 0.383 e. The maximum absolute atomic E-state index is 10.6. The van der Waals surface area contributed by atoms with Crippen molar-refractivity contribution in [2.24, 2.45) is 5.14 Å². The standard InChI is InChI=1S/C8H20N2O3S/c1-3-10(6-7-13-2)5-4-8-14(9,11)12/h3-8H2,1-2H3,(H2,9,11,12). The third kappa shape index (κ3) is 8.43. The van der Waals surface area contributed by atoms with Crippen LogP contribution in [0.5, 0.6) is 0 Å². The summed E-state index contributed by atoms with van der Waals surface area (Å²) in [6.07, 6.45) is 0.580. The highest BCUT2D eigenvalue weighted by molar-refractivity contribution is 7.89. The van der Waals surface area contributed by atoms with Gasteiger partial charge in [-0.15, -0.1) is 0 Å². The Balaban J connectivity index is 3.62. The zero-order valence-corrected chi connectivity index (χ0v) is 9.72. The normalized spacial score (nSPS) is 12.3. The molecule has 0 aromatic heterocycles. The van der Waals surface area contributed by atoms with E-state index >= 15 is 0 Å². The lowest BCUT2D eigenvalue weighted by molar-refractivity contribution is 0.151. The van der Waals surface area contributed by atoms with Crippen LogP contribution in [0.1, 0.15) is 13.3 Å². The molecule has 0 amide bonds. The summed E-state index contributed by atoms with van der Waals surface area (Å²) in [4.78, 5) is 2.13. The van der Waals surface area contributed by atoms with Crippen molar-refractivity contribution in [3.05, 3.63) is 0 Å². The van der Waals surface area contributed by atoms with Crippen LogP contribution in [-0.4, -0.2) is 52.4 Å². The van der Waals surface area contributed by atoms with Gasteiger partial charge >= 0.3 is 0 Å². The van der Waals surface area contributed by atoms with Crippen molar-refractivity contribution in [2.45, 2.75) is 13.3 Å². The minimum atomic E-state index is -3.31. The molecule has 6 heteroatoms. The molecule has 0 aromatic carbocycles. The van der Waals surface area contributed by atoms with Crippen molar-refractivity contribution in [1.82, 2.24) is 4.90 Å². The SMILES string of the molecule is CCN(CCCS(N)(=O)=O)CCOC. The van der Waals surface area contributed by atoms with Crippen LogP contribution in [0, 0.1) is 0 Å². The Hall–Kier alpha value is -0.170. The second-order valence-electron chi connectivity index (χ2n) is 3.15. The fourth-order valence-corrected chi connectivity index (χ4v) is 1.67. The molecule has 0 spiro atoms. The van der Waals surface area contributed by atoms with Crippen LogP contribution in [0.4, 0.5) is 0 Å². The first-order chi connectivity index (χ1) is 6.49. The molecule has 0 saturated heterocycles. The summed E-state index contributed by atoms with van der Waals surface area (Å²) in [7, 11) is -1.66. The third-order valence-electron chi connectivity index (χ3n) is 1.96. The van der Waals surface area contributed by atoms with Gasteiger partial charge in [0.15, 0.2) is 0 Å². The molecule has 5 nitrogen and oxygen atoms in total. The first kappa shape index (κ1) is 13.8.